The second-order valence-corrected chi connectivity index (χ2v) is 8.83. The molecule has 0 spiro atoms. The number of carbonyl (C=O) groups excluding carboxylic acids is 2. The maximum atomic E-state index is 12.7. The number of allylic oxidation sites excluding steroid dienone is 2. The molecule has 2 heterocycles. The third-order valence-corrected chi connectivity index (χ3v) is 6.71. The lowest BCUT2D eigenvalue weighted by Crippen LogP contribution is -2.43. The number of carbonyl (C=O) groups is 2. The molecular formula is C20H27IN4O2S. The molecule has 2 fully saturated rings. The molecule has 2 amide bonds. The average molecular weight is 514 g/mol. The molecule has 1 aromatic heterocycles. The summed E-state index contributed by atoms with van der Waals surface area (Å²) in [5.74, 6) is 1.04. The van der Waals surface area contributed by atoms with Gasteiger partial charge in [-0.25, -0.2) is 4.99 Å². The van der Waals surface area contributed by atoms with Crippen molar-refractivity contribution < 1.29 is 9.59 Å². The number of nitrogens with one attached hydrogen (secondary N) is 2. The smallest absolute Gasteiger partial charge is 0.233 e. The van der Waals surface area contributed by atoms with Crippen LogP contribution in [0.4, 0.5) is 0 Å². The number of hydrogen-bond acceptors (Lipinski definition) is 4. The molecule has 1 saturated carbocycles. The zero-order chi connectivity index (χ0) is 19.0. The fourth-order valence-corrected chi connectivity index (χ4v) is 5.35. The lowest BCUT2D eigenvalue weighted by atomic mass is 9.85. The van der Waals surface area contributed by atoms with Gasteiger partial charge in [-0.2, -0.15) is 0 Å². The van der Waals surface area contributed by atoms with Crippen LogP contribution in [-0.4, -0.2) is 42.3 Å². The monoisotopic (exact) mass is 514 g/mol. The number of likely N-dealkylation sites (tertiary alicyclic amines) is 1. The van der Waals surface area contributed by atoms with Gasteiger partial charge in [-0.1, -0.05) is 12.2 Å². The highest BCUT2D eigenvalue weighted by Gasteiger charge is 2.58. The predicted octanol–water partition coefficient (Wildman–Crippen LogP) is 2.54. The summed E-state index contributed by atoms with van der Waals surface area (Å²) < 4.78 is 0. The fourth-order valence-electron chi connectivity index (χ4n) is 4.54. The summed E-state index contributed by atoms with van der Waals surface area (Å²) in [6.07, 6.45) is 5.22. The van der Waals surface area contributed by atoms with Crippen molar-refractivity contribution in [2.24, 2.45) is 28.7 Å². The summed E-state index contributed by atoms with van der Waals surface area (Å²) in [6, 6.07) is 4.19. The van der Waals surface area contributed by atoms with Gasteiger partial charge in [0.05, 0.1) is 18.4 Å². The van der Waals surface area contributed by atoms with Crippen molar-refractivity contribution in [3.63, 3.8) is 0 Å². The Morgan fingerprint density at radius 3 is 2.43 bits per heavy atom. The number of nitrogens with zero attached hydrogens (tertiary/aromatic N) is 2. The van der Waals surface area contributed by atoms with Gasteiger partial charge in [0, 0.05) is 29.4 Å². The van der Waals surface area contributed by atoms with E-state index in [4.69, 9.17) is 0 Å². The Hall–Kier alpha value is -1.42. The zero-order valence-electron chi connectivity index (χ0n) is 16.2. The van der Waals surface area contributed by atoms with Crippen molar-refractivity contribution in [1.29, 1.82) is 0 Å². The van der Waals surface area contributed by atoms with Gasteiger partial charge in [0.15, 0.2) is 5.96 Å². The molecule has 2 N–H and O–H groups in total. The Kier molecular flexibility index (Phi) is 6.80. The zero-order valence-corrected chi connectivity index (χ0v) is 19.3. The average Bonchev–Trinajstić information content (AvgIpc) is 3.40. The minimum absolute atomic E-state index is 0. The molecule has 152 valence electrons. The van der Waals surface area contributed by atoms with Gasteiger partial charge >= 0.3 is 0 Å². The first-order valence-corrected chi connectivity index (χ1v) is 10.5. The third-order valence-electron chi connectivity index (χ3n) is 5.72. The number of halogens is 1. The molecule has 4 atom stereocenters. The molecular weight excluding hydrogens is 487 g/mol. The molecule has 1 saturated heterocycles. The van der Waals surface area contributed by atoms with E-state index in [0.29, 0.717) is 25.6 Å². The minimum Gasteiger partial charge on any atom is -0.357 e. The number of aliphatic imine (C=N–C) groups is 1. The second kappa shape index (κ2) is 8.94. The maximum Gasteiger partial charge on any atom is 0.233 e. The first-order chi connectivity index (χ1) is 13.1. The number of imide groups is 1. The van der Waals surface area contributed by atoms with E-state index in [2.05, 4.69) is 46.8 Å². The summed E-state index contributed by atoms with van der Waals surface area (Å²) in [5.41, 5.74) is 0. The Bertz CT molecular complexity index is 776. The molecule has 2 bridgehead atoms. The largest absolute Gasteiger partial charge is 0.357 e. The maximum absolute atomic E-state index is 12.7. The highest BCUT2D eigenvalue weighted by Crippen LogP contribution is 2.52. The summed E-state index contributed by atoms with van der Waals surface area (Å²) in [7, 11) is 0. The van der Waals surface area contributed by atoms with E-state index in [1.165, 1.54) is 14.7 Å². The van der Waals surface area contributed by atoms with Crippen molar-refractivity contribution in [2.75, 3.05) is 19.6 Å². The van der Waals surface area contributed by atoms with Crippen molar-refractivity contribution in [2.45, 2.75) is 26.8 Å². The van der Waals surface area contributed by atoms with Crippen LogP contribution in [-0.2, 0) is 16.1 Å². The van der Waals surface area contributed by atoms with E-state index in [9.17, 15) is 9.59 Å². The van der Waals surface area contributed by atoms with Gasteiger partial charge < -0.3 is 10.6 Å². The van der Waals surface area contributed by atoms with Crippen LogP contribution in [0.5, 0.6) is 0 Å². The van der Waals surface area contributed by atoms with Crippen LogP contribution in [0.1, 0.15) is 23.1 Å². The Morgan fingerprint density at radius 1 is 1.18 bits per heavy atom. The summed E-state index contributed by atoms with van der Waals surface area (Å²) in [6.45, 7) is 6.39. The lowest BCUT2D eigenvalue weighted by Gasteiger charge is -2.18. The van der Waals surface area contributed by atoms with E-state index in [1.54, 1.807) is 11.3 Å². The molecule has 0 radical (unpaired) electrons. The van der Waals surface area contributed by atoms with Gasteiger partial charge in [-0.15, -0.1) is 35.3 Å². The van der Waals surface area contributed by atoms with E-state index in [-0.39, 0.29) is 59.5 Å². The Labute approximate surface area is 186 Å². The number of hydrogen-bond donors (Lipinski definition) is 2. The van der Waals surface area contributed by atoms with Crippen molar-refractivity contribution in [1.82, 2.24) is 15.5 Å². The third kappa shape index (κ3) is 3.98. The molecule has 4 rings (SSSR count). The standard InChI is InChI=1S/C20H26N4O2S.HI/c1-3-21-20(23-11-15-7-4-12(2)27-15)22-8-9-24-18(25)16-13-5-6-14(10-13)17(16)19(24)26;/h4-7,13-14,16-17H,3,8-11H2,1-2H3,(H2,21,22,23);1H. The van der Waals surface area contributed by atoms with Crippen molar-refractivity contribution in [3.8, 4) is 0 Å². The van der Waals surface area contributed by atoms with E-state index in [0.717, 1.165) is 13.0 Å². The fraction of sp³-hybridized carbons (Fsp3) is 0.550. The van der Waals surface area contributed by atoms with Crippen LogP contribution in [0.2, 0.25) is 0 Å². The number of rotatable bonds is 6. The SMILES string of the molecule is CCNC(=NCc1ccc(C)s1)NCCN1C(=O)C2C3C=CC(C3)C2C1=O.I. The van der Waals surface area contributed by atoms with Crippen LogP contribution in [0.25, 0.3) is 0 Å². The van der Waals surface area contributed by atoms with Crippen LogP contribution < -0.4 is 10.6 Å². The molecule has 8 heteroatoms. The molecule has 2 aliphatic carbocycles. The van der Waals surface area contributed by atoms with Gasteiger partial charge in [0.1, 0.15) is 0 Å². The molecule has 6 nitrogen and oxygen atoms in total. The highest BCUT2D eigenvalue weighted by molar-refractivity contribution is 14.0. The van der Waals surface area contributed by atoms with E-state index < -0.39 is 0 Å². The van der Waals surface area contributed by atoms with Crippen LogP contribution >= 0.6 is 35.3 Å². The van der Waals surface area contributed by atoms with Gasteiger partial charge in [-0.3, -0.25) is 14.5 Å². The van der Waals surface area contributed by atoms with Crippen LogP contribution in [0, 0.1) is 30.6 Å². The minimum atomic E-state index is -0.114. The molecule has 1 aromatic rings. The quantitative estimate of drug-likeness (QED) is 0.201. The lowest BCUT2D eigenvalue weighted by molar-refractivity contribution is -0.140. The van der Waals surface area contributed by atoms with Crippen molar-refractivity contribution in [3.05, 3.63) is 34.0 Å². The van der Waals surface area contributed by atoms with Crippen molar-refractivity contribution >= 4 is 53.1 Å². The van der Waals surface area contributed by atoms with Gasteiger partial charge in [0.2, 0.25) is 11.8 Å². The Morgan fingerprint density at radius 2 is 1.86 bits per heavy atom. The van der Waals surface area contributed by atoms with E-state index in [1.807, 2.05) is 6.92 Å². The van der Waals surface area contributed by atoms with Gasteiger partial charge in [0.25, 0.3) is 0 Å². The Balaban J connectivity index is 0.00000225. The number of fused-ring (bicyclic) bond motifs is 5. The summed E-state index contributed by atoms with van der Waals surface area (Å²) in [4.78, 5) is 33.9. The first kappa shape index (κ1) is 21.3. The molecule has 1 aliphatic heterocycles. The number of aryl methyl sites for hydroxylation is 1. The normalized spacial score (nSPS) is 27.9. The van der Waals surface area contributed by atoms with Crippen LogP contribution in [0.3, 0.4) is 0 Å². The molecule has 0 aromatic carbocycles. The molecule has 3 aliphatic rings. The second-order valence-electron chi connectivity index (χ2n) is 7.46. The predicted molar refractivity (Wildman–Crippen MR) is 122 cm³/mol. The first-order valence-electron chi connectivity index (χ1n) is 9.69. The topological polar surface area (TPSA) is 73.8 Å². The molecule has 28 heavy (non-hydrogen) atoms. The summed E-state index contributed by atoms with van der Waals surface area (Å²) in [5, 5.41) is 6.47. The van der Waals surface area contributed by atoms with Gasteiger partial charge in [-0.05, 0) is 44.2 Å². The van der Waals surface area contributed by atoms with Crippen LogP contribution in [0.15, 0.2) is 29.3 Å². The number of thiophene rings is 1. The number of amides is 2. The van der Waals surface area contributed by atoms with E-state index >= 15 is 0 Å². The number of guanidine groups is 1. The molecule has 4 unspecified atom stereocenters. The summed E-state index contributed by atoms with van der Waals surface area (Å²) >= 11 is 1.74. The highest BCUT2D eigenvalue weighted by atomic mass is 127.